The van der Waals surface area contributed by atoms with Crippen LogP contribution in [0.5, 0.6) is 0 Å². The first-order valence-corrected chi connectivity index (χ1v) is 8.72. The molecule has 0 spiro atoms. The minimum atomic E-state index is 0.478. The minimum Gasteiger partial charge on any atom is -0.383 e. The number of hydrogen-bond acceptors (Lipinski definition) is 4. The largest absolute Gasteiger partial charge is 0.383 e. The highest BCUT2D eigenvalue weighted by atomic mass is 16.5. The average Bonchev–Trinajstić information content (AvgIpc) is 2.83. The highest BCUT2D eigenvalue weighted by Crippen LogP contribution is 2.12. The Morgan fingerprint density at radius 3 is 2.58 bits per heavy atom. The Bertz CT molecular complexity index is 546. The van der Waals surface area contributed by atoms with Gasteiger partial charge in [-0.05, 0) is 26.7 Å². The number of ether oxygens (including phenoxy) is 1. The maximum Gasteiger partial charge on any atom is 0.191 e. The first-order valence-electron chi connectivity index (χ1n) is 8.72. The number of aliphatic imine (C=N–C) groups is 1. The van der Waals surface area contributed by atoms with E-state index in [9.17, 15) is 0 Å². The van der Waals surface area contributed by atoms with Gasteiger partial charge in [-0.15, -0.1) is 0 Å². The van der Waals surface area contributed by atoms with Gasteiger partial charge in [-0.1, -0.05) is 0 Å². The van der Waals surface area contributed by atoms with Crippen LogP contribution in [-0.2, 0) is 18.3 Å². The predicted molar refractivity (Wildman–Crippen MR) is 97.4 cm³/mol. The van der Waals surface area contributed by atoms with Crippen molar-refractivity contribution < 1.29 is 4.74 Å². The zero-order valence-electron chi connectivity index (χ0n) is 15.7. The van der Waals surface area contributed by atoms with Crippen molar-refractivity contribution in [2.75, 3.05) is 40.4 Å². The normalized spacial score (nSPS) is 17.3. The van der Waals surface area contributed by atoms with Crippen LogP contribution in [0.25, 0.3) is 0 Å². The van der Waals surface area contributed by atoms with Crippen LogP contribution in [0, 0.1) is 13.8 Å². The summed E-state index contributed by atoms with van der Waals surface area (Å²) in [7, 11) is 5.57. The van der Waals surface area contributed by atoms with E-state index in [2.05, 4.69) is 39.5 Å². The summed E-state index contributed by atoms with van der Waals surface area (Å²) in [6, 6.07) is 0.478. The van der Waals surface area contributed by atoms with Gasteiger partial charge in [0.2, 0.25) is 0 Å². The van der Waals surface area contributed by atoms with Crippen molar-refractivity contribution in [2.45, 2.75) is 39.3 Å². The Morgan fingerprint density at radius 2 is 2.04 bits per heavy atom. The van der Waals surface area contributed by atoms with Gasteiger partial charge >= 0.3 is 0 Å². The van der Waals surface area contributed by atoms with Crippen molar-refractivity contribution in [2.24, 2.45) is 12.0 Å². The molecule has 1 aromatic rings. The van der Waals surface area contributed by atoms with E-state index in [1.165, 1.54) is 11.3 Å². The van der Waals surface area contributed by atoms with E-state index in [0.717, 1.165) is 57.3 Å². The van der Waals surface area contributed by atoms with Crippen LogP contribution in [0.4, 0.5) is 0 Å². The molecule has 0 aliphatic carbocycles. The van der Waals surface area contributed by atoms with Gasteiger partial charge in [-0.25, -0.2) is 0 Å². The van der Waals surface area contributed by atoms with E-state index in [1.807, 2.05) is 18.8 Å². The molecule has 0 bridgehead atoms. The van der Waals surface area contributed by atoms with Crippen molar-refractivity contribution in [3.05, 3.63) is 17.0 Å². The van der Waals surface area contributed by atoms with Crippen molar-refractivity contribution in [1.82, 2.24) is 25.3 Å². The average molecular weight is 336 g/mol. The maximum atomic E-state index is 5.16. The van der Waals surface area contributed by atoms with Crippen LogP contribution in [0.15, 0.2) is 4.99 Å². The van der Waals surface area contributed by atoms with Crippen LogP contribution >= 0.6 is 0 Å². The monoisotopic (exact) mass is 336 g/mol. The molecule has 2 N–H and O–H groups in total. The van der Waals surface area contributed by atoms with Gasteiger partial charge in [0.25, 0.3) is 0 Å². The fourth-order valence-corrected chi connectivity index (χ4v) is 3.15. The number of hydrogen-bond donors (Lipinski definition) is 2. The van der Waals surface area contributed by atoms with E-state index in [-0.39, 0.29) is 0 Å². The lowest BCUT2D eigenvalue weighted by Gasteiger charge is -2.32. The molecule has 1 aromatic heterocycles. The second-order valence-corrected chi connectivity index (χ2v) is 6.45. The maximum absolute atomic E-state index is 5.16. The van der Waals surface area contributed by atoms with Gasteiger partial charge in [0.05, 0.1) is 12.3 Å². The van der Waals surface area contributed by atoms with Crippen molar-refractivity contribution in [3.8, 4) is 0 Å². The van der Waals surface area contributed by atoms with Gasteiger partial charge in [-0.3, -0.25) is 9.67 Å². The van der Waals surface area contributed by atoms with Crippen LogP contribution in [-0.4, -0.2) is 67.1 Å². The van der Waals surface area contributed by atoms with Crippen molar-refractivity contribution in [1.29, 1.82) is 0 Å². The molecule has 1 saturated heterocycles. The number of rotatable bonds is 6. The summed E-state index contributed by atoms with van der Waals surface area (Å²) < 4.78 is 7.08. The third-order valence-electron chi connectivity index (χ3n) is 4.86. The molecule has 0 radical (unpaired) electrons. The molecular formula is C17H32N6O. The van der Waals surface area contributed by atoms with Crippen molar-refractivity contribution in [3.63, 3.8) is 0 Å². The van der Waals surface area contributed by atoms with Gasteiger partial charge in [0.15, 0.2) is 5.96 Å². The second-order valence-electron chi connectivity index (χ2n) is 6.45. The molecule has 1 aliphatic heterocycles. The number of likely N-dealkylation sites (tertiary alicyclic amines) is 1. The summed E-state index contributed by atoms with van der Waals surface area (Å²) in [5.74, 6) is 0.869. The standard InChI is InChI=1S/C17H32N6O/c1-13-16(14(2)22(4)21-13)12-19-17(18-3)20-15-6-8-23(9-7-15)10-11-24-5/h15H,6-12H2,1-5H3,(H2,18,19,20). The summed E-state index contributed by atoms with van der Waals surface area (Å²) in [6.45, 7) is 8.95. The Hall–Kier alpha value is -1.60. The Morgan fingerprint density at radius 1 is 1.33 bits per heavy atom. The fraction of sp³-hybridized carbons (Fsp3) is 0.765. The Labute approximate surface area is 145 Å². The molecule has 1 aliphatic rings. The number of guanidine groups is 1. The molecule has 24 heavy (non-hydrogen) atoms. The Kier molecular flexibility index (Phi) is 7.05. The van der Waals surface area contributed by atoms with Crippen molar-refractivity contribution >= 4 is 5.96 Å². The molecule has 0 aromatic carbocycles. The smallest absolute Gasteiger partial charge is 0.191 e. The molecule has 7 nitrogen and oxygen atoms in total. The number of piperidine rings is 1. The summed E-state index contributed by atoms with van der Waals surface area (Å²) in [4.78, 5) is 6.82. The molecule has 1 fully saturated rings. The van der Waals surface area contributed by atoms with Gasteiger partial charge < -0.3 is 20.3 Å². The van der Waals surface area contributed by atoms with E-state index < -0.39 is 0 Å². The zero-order chi connectivity index (χ0) is 17.5. The molecule has 0 unspecified atom stereocenters. The highest BCUT2D eigenvalue weighted by molar-refractivity contribution is 5.80. The van der Waals surface area contributed by atoms with Gasteiger partial charge in [0.1, 0.15) is 0 Å². The van der Waals surface area contributed by atoms with Gasteiger partial charge in [-0.2, -0.15) is 5.10 Å². The van der Waals surface area contributed by atoms with Crippen LogP contribution in [0.2, 0.25) is 0 Å². The van der Waals surface area contributed by atoms with Gasteiger partial charge in [0, 0.05) is 64.7 Å². The molecular weight excluding hydrogens is 304 g/mol. The third-order valence-corrected chi connectivity index (χ3v) is 4.86. The topological polar surface area (TPSA) is 66.7 Å². The summed E-state index contributed by atoms with van der Waals surface area (Å²) in [5.41, 5.74) is 3.51. The molecule has 2 rings (SSSR count). The summed E-state index contributed by atoms with van der Waals surface area (Å²) in [6.07, 6.45) is 2.27. The zero-order valence-corrected chi connectivity index (χ0v) is 15.7. The number of aryl methyl sites for hydroxylation is 2. The lowest BCUT2D eigenvalue weighted by molar-refractivity contribution is 0.128. The van der Waals surface area contributed by atoms with E-state index >= 15 is 0 Å². The fourth-order valence-electron chi connectivity index (χ4n) is 3.15. The molecule has 0 amide bonds. The van der Waals surface area contributed by atoms with Crippen LogP contribution < -0.4 is 10.6 Å². The molecule has 7 heteroatoms. The Balaban J connectivity index is 1.79. The van der Waals surface area contributed by atoms with E-state index in [4.69, 9.17) is 4.74 Å². The molecule has 0 atom stereocenters. The lowest BCUT2D eigenvalue weighted by atomic mass is 10.1. The number of aromatic nitrogens is 2. The van der Waals surface area contributed by atoms with E-state index in [1.54, 1.807) is 7.11 Å². The quantitative estimate of drug-likeness (QED) is 0.594. The number of methoxy groups -OCH3 is 1. The number of nitrogens with one attached hydrogen (secondary N) is 2. The molecule has 136 valence electrons. The first-order chi connectivity index (χ1) is 11.5. The summed E-state index contributed by atoms with van der Waals surface area (Å²) >= 11 is 0. The lowest BCUT2D eigenvalue weighted by Crippen LogP contribution is -2.48. The predicted octanol–water partition coefficient (Wildman–Crippen LogP) is 0.813. The van der Waals surface area contributed by atoms with Crippen LogP contribution in [0.3, 0.4) is 0 Å². The van der Waals surface area contributed by atoms with Crippen LogP contribution in [0.1, 0.15) is 29.8 Å². The summed E-state index contributed by atoms with van der Waals surface area (Å²) in [5, 5.41) is 11.4. The second kappa shape index (κ2) is 9.03. The van der Waals surface area contributed by atoms with E-state index in [0.29, 0.717) is 6.04 Å². The minimum absolute atomic E-state index is 0.478. The SMILES string of the molecule is CN=C(NCc1c(C)nn(C)c1C)NC1CCN(CCOC)CC1. The third kappa shape index (κ3) is 4.95. The molecule has 2 heterocycles. The first kappa shape index (κ1) is 18.7. The highest BCUT2D eigenvalue weighted by Gasteiger charge is 2.20. The molecule has 0 saturated carbocycles. The number of nitrogens with zero attached hydrogens (tertiary/aromatic N) is 4.